The van der Waals surface area contributed by atoms with Gasteiger partial charge in [-0.15, -0.1) is 0 Å². The quantitative estimate of drug-likeness (QED) is 0.123. The maximum Gasteiger partial charge on any atom is 0.0482 e. The molecule has 0 saturated carbocycles. The van der Waals surface area contributed by atoms with Gasteiger partial charge in [0.25, 0.3) is 0 Å². The Bertz CT molecular complexity index is 2630. The van der Waals surface area contributed by atoms with E-state index in [1.807, 2.05) is 0 Å². The Morgan fingerprint density at radius 2 is 0.390 bits per heavy atom. The van der Waals surface area contributed by atoms with E-state index in [-0.39, 0.29) is 0 Å². The van der Waals surface area contributed by atoms with Crippen LogP contribution in [-0.4, -0.2) is 0 Å². The topological polar surface area (TPSA) is 13.0 Å². The van der Waals surface area contributed by atoms with Crippen LogP contribution in [0.5, 0.6) is 0 Å². The van der Waals surface area contributed by atoms with E-state index in [1.54, 1.807) is 0 Å². The van der Waals surface area contributed by atoms with Crippen LogP contribution in [0.1, 0.15) is 5.56 Å². The Morgan fingerprint density at radius 1 is 0.186 bits per heavy atom. The van der Waals surface area contributed by atoms with Crippen LogP contribution in [0.3, 0.4) is 0 Å². The standard InChI is InChI=1S/C55H44N4/c1-43-19-17-30-53(41-43)59(52-39-35-50(36-40-52)57(46-24-11-4-12-25-46)47-26-13-5-14-27-47)55-32-18-31-54(42-55)58(48-28-15-6-16-29-48)51-37-33-49(34-38-51)56(44-20-7-2-8-21-44)45-22-9-3-10-23-45/h2-42H,1H3. The van der Waals surface area contributed by atoms with Gasteiger partial charge in [-0.2, -0.15) is 0 Å². The number of anilines is 12. The fourth-order valence-corrected chi connectivity index (χ4v) is 7.71. The molecule has 0 N–H and O–H groups in total. The first kappa shape index (κ1) is 36.8. The monoisotopic (exact) mass is 760 g/mol. The zero-order valence-electron chi connectivity index (χ0n) is 33.0. The number of benzene rings is 9. The van der Waals surface area contributed by atoms with Crippen LogP contribution in [0.2, 0.25) is 0 Å². The molecule has 4 nitrogen and oxygen atoms in total. The van der Waals surface area contributed by atoms with Gasteiger partial charge >= 0.3 is 0 Å². The Labute approximate surface area is 347 Å². The van der Waals surface area contributed by atoms with E-state index in [0.717, 1.165) is 68.2 Å². The van der Waals surface area contributed by atoms with E-state index in [2.05, 4.69) is 275 Å². The average molecular weight is 761 g/mol. The van der Waals surface area contributed by atoms with Crippen molar-refractivity contribution in [3.05, 3.63) is 254 Å². The molecular formula is C55H44N4. The number of para-hydroxylation sites is 5. The molecule has 4 heteroatoms. The molecule has 0 aliphatic carbocycles. The smallest absolute Gasteiger partial charge is 0.0482 e. The van der Waals surface area contributed by atoms with Gasteiger partial charge in [-0.25, -0.2) is 0 Å². The van der Waals surface area contributed by atoms with Gasteiger partial charge in [-0.3, -0.25) is 0 Å². The van der Waals surface area contributed by atoms with Gasteiger partial charge < -0.3 is 19.6 Å². The number of nitrogens with zero attached hydrogens (tertiary/aromatic N) is 4. The second kappa shape index (κ2) is 17.1. The molecule has 0 saturated heterocycles. The Hall–Kier alpha value is -7.82. The van der Waals surface area contributed by atoms with Gasteiger partial charge in [0.2, 0.25) is 0 Å². The molecule has 9 aromatic carbocycles. The van der Waals surface area contributed by atoms with E-state index in [0.29, 0.717) is 0 Å². The van der Waals surface area contributed by atoms with Crippen molar-refractivity contribution in [3.8, 4) is 0 Å². The molecule has 9 aromatic rings. The second-order valence-electron chi connectivity index (χ2n) is 14.4. The third-order valence-corrected chi connectivity index (χ3v) is 10.4. The molecule has 0 spiro atoms. The zero-order valence-corrected chi connectivity index (χ0v) is 33.0. The summed E-state index contributed by atoms with van der Waals surface area (Å²) in [6, 6.07) is 88.0. The van der Waals surface area contributed by atoms with Gasteiger partial charge in [-0.1, -0.05) is 109 Å². The summed E-state index contributed by atoms with van der Waals surface area (Å²) in [6.07, 6.45) is 0. The van der Waals surface area contributed by atoms with Gasteiger partial charge in [-0.05, 0) is 152 Å². The number of hydrogen-bond acceptors (Lipinski definition) is 4. The largest absolute Gasteiger partial charge is 0.311 e. The van der Waals surface area contributed by atoms with E-state index >= 15 is 0 Å². The summed E-state index contributed by atoms with van der Waals surface area (Å²) in [5.41, 5.74) is 14.2. The van der Waals surface area contributed by atoms with Gasteiger partial charge in [0.05, 0.1) is 0 Å². The summed E-state index contributed by atoms with van der Waals surface area (Å²) in [4.78, 5) is 9.27. The fourth-order valence-electron chi connectivity index (χ4n) is 7.71. The van der Waals surface area contributed by atoms with Crippen molar-refractivity contribution >= 4 is 68.2 Å². The van der Waals surface area contributed by atoms with E-state index in [4.69, 9.17) is 0 Å². The lowest BCUT2D eigenvalue weighted by atomic mass is 10.1. The molecule has 0 bridgehead atoms. The molecule has 0 amide bonds. The maximum atomic E-state index is 2.35. The predicted molar refractivity (Wildman–Crippen MR) is 250 cm³/mol. The molecule has 59 heavy (non-hydrogen) atoms. The van der Waals surface area contributed by atoms with Crippen LogP contribution >= 0.6 is 0 Å². The van der Waals surface area contributed by atoms with Gasteiger partial charge in [0.15, 0.2) is 0 Å². The predicted octanol–water partition coefficient (Wildman–Crippen LogP) is 15.9. The lowest BCUT2D eigenvalue weighted by molar-refractivity contribution is 1.23. The van der Waals surface area contributed by atoms with Crippen molar-refractivity contribution in [1.29, 1.82) is 0 Å². The van der Waals surface area contributed by atoms with Crippen LogP contribution in [0.15, 0.2) is 249 Å². The summed E-state index contributed by atoms with van der Waals surface area (Å²) in [5, 5.41) is 0. The highest BCUT2D eigenvalue weighted by Crippen LogP contribution is 2.43. The lowest BCUT2D eigenvalue weighted by Crippen LogP contribution is -2.14. The molecule has 0 aliphatic rings. The van der Waals surface area contributed by atoms with Crippen molar-refractivity contribution in [2.45, 2.75) is 6.92 Å². The SMILES string of the molecule is Cc1cccc(N(c2ccc(N(c3ccccc3)c3ccccc3)cc2)c2cccc(N(c3ccccc3)c3ccc(N(c4ccccc4)c4ccccc4)cc3)c2)c1. The third kappa shape index (κ3) is 8.06. The summed E-state index contributed by atoms with van der Waals surface area (Å²) < 4.78 is 0. The molecule has 0 atom stereocenters. The minimum absolute atomic E-state index is 1.05. The van der Waals surface area contributed by atoms with Crippen molar-refractivity contribution in [2.75, 3.05) is 19.6 Å². The van der Waals surface area contributed by atoms with Crippen LogP contribution in [-0.2, 0) is 0 Å². The van der Waals surface area contributed by atoms with Crippen molar-refractivity contribution in [3.63, 3.8) is 0 Å². The molecule has 0 heterocycles. The van der Waals surface area contributed by atoms with E-state index in [9.17, 15) is 0 Å². The molecule has 0 unspecified atom stereocenters. The molecule has 0 aromatic heterocycles. The van der Waals surface area contributed by atoms with Crippen molar-refractivity contribution < 1.29 is 0 Å². The van der Waals surface area contributed by atoms with E-state index < -0.39 is 0 Å². The molecule has 0 fully saturated rings. The zero-order chi connectivity index (χ0) is 39.8. The minimum Gasteiger partial charge on any atom is -0.311 e. The Kier molecular flexibility index (Phi) is 10.7. The number of hydrogen-bond donors (Lipinski definition) is 0. The molecule has 0 aliphatic heterocycles. The first-order chi connectivity index (χ1) is 29.2. The summed E-state index contributed by atoms with van der Waals surface area (Å²) in [6.45, 7) is 2.15. The van der Waals surface area contributed by atoms with Crippen molar-refractivity contribution in [2.24, 2.45) is 0 Å². The van der Waals surface area contributed by atoms with Crippen LogP contribution in [0.25, 0.3) is 0 Å². The highest BCUT2D eigenvalue weighted by Gasteiger charge is 2.20. The highest BCUT2D eigenvalue weighted by molar-refractivity contribution is 5.86. The normalized spacial score (nSPS) is 10.8. The lowest BCUT2D eigenvalue weighted by Gasteiger charge is -2.31. The average Bonchev–Trinajstić information content (AvgIpc) is 3.30. The Morgan fingerprint density at radius 3 is 0.678 bits per heavy atom. The first-order valence-electron chi connectivity index (χ1n) is 20.0. The summed E-state index contributed by atoms with van der Waals surface area (Å²) in [7, 11) is 0. The number of rotatable bonds is 12. The van der Waals surface area contributed by atoms with E-state index in [1.165, 1.54) is 5.56 Å². The molecule has 284 valence electrons. The molecular weight excluding hydrogens is 717 g/mol. The van der Waals surface area contributed by atoms with Crippen LogP contribution in [0, 0.1) is 6.92 Å². The third-order valence-electron chi connectivity index (χ3n) is 10.4. The maximum absolute atomic E-state index is 2.35. The number of aryl methyl sites for hydroxylation is 1. The first-order valence-corrected chi connectivity index (χ1v) is 20.0. The fraction of sp³-hybridized carbons (Fsp3) is 0.0182. The van der Waals surface area contributed by atoms with Gasteiger partial charge in [0.1, 0.15) is 0 Å². The second-order valence-corrected chi connectivity index (χ2v) is 14.4. The summed E-state index contributed by atoms with van der Waals surface area (Å²) in [5.74, 6) is 0. The van der Waals surface area contributed by atoms with Gasteiger partial charge in [0, 0.05) is 68.2 Å². The van der Waals surface area contributed by atoms with Crippen LogP contribution in [0.4, 0.5) is 68.2 Å². The van der Waals surface area contributed by atoms with Crippen LogP contribution < -0.4 is 19.6 Å². The Balaban J connectivity index is 1.11. The highest BCUT2D eigenvalue weighted by atomic mass is 15.2. The summed E-state index contributed by atoms with van der Waals surface area (Å²) >= 11 is 0. The molecule has 9 rings (SSSR count). The van der Waals surface area contributed by atoms with Crippen molar-refractivity contribution in [1.82, 2.24) is 0 Å². The molecule has 0 radical (unpaired) electrons. The minimum atomic E-state index is 1.05.